The molecule has 0 saturated carbocycles. The van der Waals surface area contributed by atoms with Crippen LogP contribution in [0.5, 0.6) is 11.6 Å². The molecule has 0 spiro atoms. The summed E-state index contributed by atoms with van der Waals surface area (Å²) < 4.78 is 10.7. The van der Waals surface area contributed by atoms with Gasteiger partial charge in [-0.3, -0.25) is 4.79 Å². The molecular weight excluding hydrogens is 380 g/mol. The molecule has 0 fully saturated rings. The molecule has 0 bridgehead atoms. The maximum atomic E-state index is 11.4. The van der Waals surface area contributed by atoms with Crippen molar-refractivity contribution in [3.8, 4) is 33.9 Å². The Labute approximate surface area is 173 Å². The molecule has 4 rings (SSSR count). The van der Waals surface area contributed by atoms with E-state index >= 15 is 0 Å². The molecule has 2 aromatic heterocycles. The Morgan fingerprint density at radius 1 is 0.900 bits per heavy atom. The maximum Gasteiger partial charge on any atom is 0.256 e. The molecule has 0 radical (unpaired) electrons. The van der Waals surface area contributed by atoms with Gasteiger partial charge >= 0.3 is 0 Å². The molecule has 0 aliphatic rings. The van der Waals surface area contributed by atoms with E-state index in [1.165, 1.54) is 0 Å². The zero-order chi connectivity index (χ0) is 21.3. The number of aromatic nitrogens is 3. The van der Waals surface area contributed by atoms with E-state index in [9.17, 15) is 4.79 Å². The largest absolute Gasteiger partial charge is 0.491 e. The maximum absolute atomic E-state index is 11.4. The third kappa shape index (κ3) is 3.41. The van der Waals surface area contributed by atoms with Gasteiger partial charge < -0.3 is 15.2 Å². The Kier molecular flexibility index (Phi) is 5.02. The van der Waals surface area contributed by atoms with Crippen LogP contribution in [0.2, 0.25) is 0 Å². The second-order valence-corrected chi connectivity index (χ2v) is 6.76. The fourth-order valence-corrected chi connectivity index (χ4v) is 3.38. The van der Waals surface area contributed by atoms with Crippen LogP contribution >= 0.6 is 0 Å². The summed E-state index contributed by atoms with van der Waals surface area (Å²) >= 11 is 0. The van der Waals surface area contributed by atoms with Crippen LogP contribution in [0.1, 0.15) is 16.1 Å². The summed E-state index contributed by atoms with van der Waals surface area (Å²) in [5.41, 5.74) is 11.2. The van der Waals surface area contributed by atoms with E-state index in [-0.39, 0.29) is 0 Å². The molecule has 0 aliphatic carbocycles. The van der Waals surface area contributed by atoms with Crippen LogP contribution < -0.4 is 15.2 Å². The lowest BCUT2D eigenvalue weighted by molar-refractivity contribution is 0.100. The Hall–Kier alpha value is -4.00. The van der Waals surface area contributed by atoms with Crippen molar-refractivity contribution in [3.05, 3.63) is 66.2 Å². The monoisotopic (exact) mass is 400 g/mol. The molecule has 1 amide bonds. The average molecular weight is 400 g/mol. The van der Waals surface area contributed by atoms with E-state index in [1.54, 1.807) is 38.9 Å². The number of amides is 1. The van der Waals surface area contributed by atoms with Crippen LogP contribution in [0, 0.1) is 6.92 Å². The first kappa shape index (κ1) is 19.3. The summed E-state index contributed by atoms with van der Waals surface area (Å²) in [5, 5.41) is 0.929. The molecule has 7 heteroatoms. The Morgan fingerprint density at radius 2 is 1.67 bits per heavy atom. The Bertz CT molecular complexity index is 1250. The minimum atomic E-state index is -0.463. The number of benzene rings is 2. The van der Waals surface area contributed by atoms with E-state index < -0.39 is 5.91 Å². The molecule has 4 aromatic rings. The number of rotatable bonds is 5. The highest BCUT2D eigenvalue weighted by molar-refractivity contribution is 5.99. The zero-order valence-corrected chi connectivity index (χ0v) is 16.8. The number of ether oxygens (including phenoxy) is 2. The van der Waals surface area contributed by atoms with Crippen molar-refractivity contribution < 1.29 is 14.3 Å². The number of hydrogen-bond donors (Lipinski definition) is 1. The van der Waals surface area contributed by atoms with Gasteiger partial charge in [0.05, 0.1) is 19.7 Å². The summed E-state index contributed by atoms with van der Waals surface area (Å²) in [4.78, 5) is 24.6. The summed E-state index contributed by atoms with van der Waals surface area (Å²) in [6, 6.07) is 13.1. The van der Waals surface area contributed by atoms with Gasteiger partial charge in [0.15, 0.2) is 5.75 Å². The highest BCUT2D eigenvalue weighted by Gasteiger charge is 2.14. The van der Waals surface area contributed by atoms with Gasteiger partial charge in [-0.2, -0.15) is 0 Å². The Balaban J connectivity index is 1.95. The van der Waals surface area contributed by atoms with E-state index in [1.807, 2.05) is 37.3 Å². The van der Waals surface area contributed by atoms with Crippen molar-refractivity contribution in [2.24, 2.45) is 5.73 Å². The predicted molar refractivity (Wildman–Crippen MR) is 115 cm³/mol. The molecule has 0 atom stereocenters. The van der Waals surface area contributed by atoms with Crippen LogP contribution in [0.4, 0.5) is 0 Å². The number of carbonyl (C=O) groups excluding carboxylic acids is 1. The van der Waals surface area contributed by atoms with Crippen molar-refractivity contribution in [3.63, 3.8) is 0 Å². The molecule has 2 N–H and O–H groups in total. The predicted octanol–water partition coefficient (Wildman–Crippen LogP) is 3.78. The average Bonchev–Trinajstić information content (AvgIpc) is 2.78. The minimum Gasteiger partial charge on any atom is -0.491 e. The van der Waals surface area contributed by atoms with E-state index in [0.717, 1.165) is 38.9 Å². The fraction of sp³-hybridized carbons (Fsp3) is 0.130. The number of pyridine rings is 1. The van der Waals surface area contributed by atoms with E-state index in [2.05, 4.69) is 15.0 Å². The SMILES string of the molecule is COc1cc(-c2cc(-c3ccc(C(N)=O)cc3)c3ncnc(C)c3c2)cnc1OC. The number of aryl methyl sites for hydroxylation is 1. The minimum absolute atomic E-state index is 0.420. The molecule has 2 aromatic carbocycles. The van der Waals surface area contributed by atoms with Gasteiger partial charge in [-0.05, 0) is 48.4 Å². The van der Waals surface area contributed by atoms with Gasteiger partial charge in [-0.1, -0.05) is 12.1 Å². The first-order chi connectivity index (χ1) is 14.5. The van der Waals surface area contributed by atoms with Crippen molar-refractivity contribution in [2.75, 3.05) is 14.2 Å². The Morgan fingerprint density at radius 3 is 2.33 bits per heavy atom. The normalized spacial score (nSPS) is 10.8. The standard InChI is InChI=1S/C23H20N4O3/c1-13-18-8-16(17-10-20(29-2)23(30-3)25-11-17)9-19(21(18)27-12-26-13)14-4-6-15(7-5-14)22(24)28/h4-12H,1-3H3,(H2,24,28). The van der Waals surface area contributed by atoms with Crippen LogP contribution in [0.25, 0.3) is 33.2 Å². The fourth-order valence-electron chi connectivity index (χ4n) is 3.38. The number of nitrogens with zero attached hydrogens (tertiary/aromatic N) is 3. The molecule has 0 saturated heterocycles. The number of hydrogen-bond acceptors (Lipinski definition) is 6. The molecule has 0 unspecified atom stereocenters. The highest BCUT2D eigenvalue weighted by Crippen LogP contribution is 2.36. The lowest BCUT2D eigenvalue weighted by Gasteiger charge is -2.13. The summed E-state index contributed by atoms with van der Waals surface area (Å²) in [5.74, 6) is 0.502. The zero-order valence-electron chi connectivity index (χ0n) is 16.8. The van der Waals surface area contributed by atoms with Gasteiger partial charge in [-0.15, -0.1) is 0 Å². The highest BCUT2D eigenvalue weighted by atomic mass is 16.5. The third-order valence-corrected chi connectivity index (χ3v) is 4.98. The molecule has 30 heavy (non-hydrogen) atoms. The second kappa shape index (κ2) is 7.79. The molecular formula is C23H20N4O3. The van der Waals surface area contributed by atoms with Crippen molar-refractivity contribution >= 4 is 16.8 Å². The van der Waals surface area contributed by atoms with Crippen molar-refractivity contribution in [2.45, 2.75) is 6.92 Å². The number of carbonyl (C=O) groups is 1. The lowest BCUT2D eigenvalue weighted by atomic mass is 9.95. The first-order valence-corrected chi connectivity index (χ1v) is 9.26. The number of primary amides is 1. The van der Waals surface area contributed by atoms with Crippen LogP contribution in [-0.4, -0.2) is 35.1 Å². The van der Waals surface area contributed by atoms with Crippen molar-refractivity contribution in [1.29, 1.82) is 0 Å². The number of fused-ring (bicyclic) bond motifs is 1. The topological polar surface area (TPSA) is 100 Å². The molecule has 2 heterocycles. The first-order valence-electron chi connectivity index (χ1n) is 9.26. The van der Waals surface area contributed by atoms with E-state index in [0.29, 0.717) is 17.2 Å². The van der Waals surface area contributed by atoms with Gasteiger partial charge in [0.1, 0.15) is 6.33 Å². The number of nitrogens with two attached hydrogens (primary N) is 1. The van der Waals surface area contributed by atoms with Crippen molar-refractivity contribution in [1.82, 2.24) is 15.0 Å². The van der Waals surface area contributed by atoms with Crippen LogP contribution in [0.15, 0.2) is 55.0 Å². The molecule has 150 valence electrons. The molecule has 7 nitrogen and oxygen atoms in total. The quantitative estimate of drug-likeness (QED) is 0.547. The lowest BCUT2D eigenvalue weighted by Crippen LogP contribution is -2.10. The van der Waals surface area contributed by atoms with Gasteiger partial charge in [0, 0.05) is 34.0 Å². The van der Waals surface area contributed by atoms with Crippen LogP contribution in [0.3, 0.4) is 0 Å². The smallest absolute Gasteiger partial charge is 0.256 e. The number of methoxy groups -OCH3 is 2. The molecule has 0 aliphatic heterocycles. The summed E-state index contributed by atoms with van der Waals surface area (Å²) in [6.45, 7) is 1.95. The van der Waals surface area contributed by atoms with Gasteiger partial charge in [0.2, 0.25) is 5.91 Å². The summed E-state index contributed by atoms with van der Waals surface area (Å²) in [7, 11) is 3.13. The summed E-state index contributed by atoms with van der Waals surface area (Å²) in [6.07, 6.45) is 3.29. The van der Waals surface area contributed by atoms with Gasteiger partial charge in [0.25, 0.3) is 5.88 Å². The van der Waals surface area contributed by atoms with E-state index in [4.69, 9.17) is 15.2 Å². The third-order valence-electron chi connectivity index (χ3n) is 4.98. The second-order valence-electron chi connectivity index (χ2n) is 6.76. The van der Waals surface area contributed by atoms with Gasteiger partial charge in [-0.25, -0.2) is 15.0 Å². The van der Waals surface area contributed by atoms with Crippen LogP contribution in [-0.2, 0) is 0 Å².